The number of allylic oxidation sites excluding steroid dienone is 1. The molecule has 2 aromatic carbocycles. The first kappa shape index (κ1) is 22.0. The Balaban J connectivity index is 0.00000272. The lowest BCUT2D eigenvalue weighted by atomic mass is 10.1. The van der Waals surface area contributed by atoms with Crippen molar-refractivity contribution in [3.8, 4) is 5.75 Å². The topological polar surface area (TPSA) is 60.4 Å². The molecule has 0 aliphatic heterocycles. The molecule has 0 spiro atoms. The van der Waals surface area contributed by atoms with Crippen LogP contribution in [-0.2, 0) is 6.54 Å². The first-order valence-electron chi connectivity index (χ1n) is 9.50. The molecule has 2 aromatic heterocycles. The molecule has 2 heterocycles. The second-order valence-corrected chi connectivity index (χ2v) is 6.81. The first-order chi connectivity index (χ1) is 14.6. The molecule has 0 saturated heterocycles. The number of para-hydroxylation sites is 1. The van der Waals surface area contributed by atoms with Gasteiger partial charge in [0.25, 0.3) is 0 Å². The van der Waals surface area contributed by atoms with E-state index in [1.54, 1.807) is 24.3 Å². The lowest BCUT2D eigenvalue weighted by Gasteiger charge is -2.04. The Bertz CT molecular complexity index is 1280. The van der Waals surface area contributed by atoms with Crippen LogP contribution < -0.4 is 27.3 Å². The van der Waals surface area contributed by atoms with Crippen LogP contribution in [0.25, 0.3) is 17.0 Å². The van der Waals surface area contributed by atoms with Crippen LogP contribution in [-0.4, -0.2) is 12.9 Å². The fourth-order valence-electron chi connectivity index (χ4n) is 3.19. The van der Waals surface area contributed by atoms with Crippen LogP contribution in [0.15, 0.2) is 94.4 Å². The number of hydrogen-bond donors (Lipinski definition) is 0. The van der Waals surface area contributed by atoms with Gasteiger partial charge in [-0.05, 0) is 23.8 Å². The summed E-state index contributed by atoms with van der Waals surface area (Å²) < 4.78 is 12.6. The number of hydrogen-bond acceptors (Lipinski definition) is 4. The molecule has 6 heteroatoms. The van der Waals surface area contributed by atoms with Gasteiger partial charge >= 0.3 is 5.63 Å². The molecule has 0 saturated carbocycles. The fourth-order valence-corrected chi connectivity index (χ4v) is 3.19. The van der Waals surface area contributed by atoms with Crippen LogP contribution in [0.4, 0.5) is 0 Å². The zero-order valence-corrected chi connectivity index (χ0v) is 17.6. The molecule has 4 aromatic rings. The van der Waals surface area contributed by atoms with E-state index in [1.165, 1.54) is 24.8 Å². The average molecular weight is 434 g/mol. The maximum absolute atomic E-state index is 12.6. The van der Waals surface area contributed by atoms with Gasteiger partial charge < -0.3 is 21.6 Å². The van der Waals surface area contributed by atoms with Crippen molar-refractivity contribution in [2.75, 3.05) is 7.11 Å². The lowest BCUT2D eigenvalue weighted by Crippen LogP contribution is -3.00. The first-order valence-corrected chi connectivity index (χ1v) is 9.50. The highest BCUT2D eigenvalue weighted by atomic mass is 35.5. The van der Waals surface area contributed by atoms with Gasteiger partial charge in [-0.2, -0.15) is 0 Å². The molecule has 0 aliphatic rings. The van der Waals surface area contributed by atoms with Gasteiger partial charge in [0.1, 0.15) is 5.56 Å². The summed E-state index contributed by atoms with van der Waals surface area (Å²) >= 11 is 0. The monoisotopic (exact) mass is 433 g/mol. The number of halogens is 1. The summed E-state index contributed by atoms with van der Waals surface area (Å²) in [6.45, 7) is 0.769. The highest BCUT2D eigenvalue weighted by Crippen LogP contribution is 2.24. The molecule has 0 fully saturated rings. The van der Waals surface area contributed by atoms with Crippen molar-refractivity contribution in [1.29, 1.82) is 0 Å². The van der Waals surface area contributed by atoms with Crippen LogP contribution in [0.1, 0.15) is 21.5 Å². The van der Waals surface area contributed by atoms with Crippen molar-refractivity contribution in [3.05, 3.63) is 112 Å². The quantitative estimate of drug-likeness (QED) is 0.197. The van der Waals surface area contributed by atoms with E-state index in [2.05, 4.69) is 16.7 Å². The Morgan fingerprint density at radius 1 is 1.03 bits per heavy atom. The van der Waals surface area contributed by atoms with E-state index in [4.69, 9.17) is 9.15 Å². The third-order valence-corrected chi connectivity index (χ3v) is 4.76. The van der Waals surface area contributed by atoms with Crippen LogP contribution in [0, 0.1) is 0 Å². The van der Waals surface area contributed by atoms with E-state index in [9.17, 15) is 9.59 Å². The van der Waals surface area contributed by atoms with Crippen LogP contribution in [0.5, 0.6) is 5.75 Å². The van der Waals surface area contributed by atoms with Crippen molar-refractivity contribution in [2.24, 2.45) is 0 Å². The highest BCUT2D eigenvalue weighted by Gasteiger charge is 2.13. The maximum atomic E-state index is 12.6. The Kier molecular flexibility index (Phi) is 7.00. The Labute approximate surface area is 185 Å². The Morgan fingerprint density at radius 3 is 2.48 bits per heavy atom. The van der Waals surface area contributed by atoms with E-state index in [-0.39, 0.29) is 18.0 Å². The molecule has 5 nitrogen and oxygen atoms in total. The van der Waals surface area contributed by atoms with E-state index >= 15 is 0 Å². The lowest BCUT2D eigenvalue weighted by molar-refractivity contribution is -0.688. The second kappa shape index (κ2) is 9.87. The Morgan fingerprint density at radius 2 is 1.77 bits per heavy atom. The molecule has 0 radical (unpaired) electrons. The molecular weight excluding hydrogens is 414 g/mol. The third-order valence-electron chi connectivity index (χ3n) is 4.76. The number of ketones is 1. The largest absolute Gasteiger partial charge is 1.00 e. The fraction of sp³-hybridized carbons (Fsp3) is 0.0800. The molecule has 4 rings (SSSR count). The number of rotatable bonds is 6. The summed E-state index contributed by atoms with van der Waals surface area (Å²) in [4.78, 5) is 24.9. The number of methoxy groups -OCH3 is 1. The summed E-state index contributed by atoms with van der Waals surface area (Å²) in [5.74, 6) is 0.0433. The number of ether oxygens (including phenoxy) is 1. The zero-order valence-electron chi connectivity index (χ0n) is 16.8. The SMILES string of the molecule is COc1cccc2cc(C(=O)/C=C/c3cc[n+](Cc4ccccc4)cc3)c(=O)oc12.[Cl-]. The van der Waals surface area contributed by atoms with E-state index in [1.807, 2.05) is 42.7 Å². The van der Waals surface area contributed by atoms with Crippen molar-refractivity contribution < 1.29 is 30.9 Å². The van der Waals surface area contributed by atoms with Gasteiger partial charge in [-0.3, -0.25) is 4.79 Å². The van der Waals surface area contributed by atoms with Crippen LogP contribution >= 0.6 is 0 Å². The molecule has 0 bridgehead atoms. The summed E-state index contributed by atoms with van der Waals surface area (Å²) in [6.07, 6.45) is 6.97. The van der Waals surface area contributed by atoms with Crippen molar-refractivity contribution >= 4 is 22.8 Å². The maximum Gasteiger partial charge on any atom is 0.347 e. The molecule has 31 heavy (non-hydrogen) atoms. The van der Waals surface area contributed by atoms with E-state index < -0.39 is 11.4 Å². The number of aromatic nitrogens is 1. The molecule has 0 amide bonds. The van der Waals surface area contributed by atoms with Crippen molar-refractivity contribution in [3.63, 3.8) is 0 Å². The smallest absolute Gasteiger partial charge is 0.347 e. The van der Waals surface area contributed by atoms with Crippen LogP contribution in [0.2, 0.25) is 0 Å². The number of carbonyl (C=O) groups is 1. The minimum atomic E-state index is -0.685. The number of nitrogens with zero attached hydrogens (tertiary/aromatic N) is 1. The van der Waals surface area contributed by atoms with Gasteiger partial charge in [-0.15, -0.1) is 0 Å². The number of fused-ring (bicyclic) bond motifs is 1. The standard InChI is InChI=1S/C25H20NO4.ClH/c1-29-23-9-5-8-20-16-21(25(28)30-24(20)23)22(27)11-10-18-12-14-26(15-13-18)17-19-6-3-2-4-7-19;/h2-16H,17H2,1H3;1H/q+1;/p-1/b11-10+;. The summed E-state index contributed by atoms with van der Waals surface area (Å²) in [5, 5.41) is 0.632. The van der Waals surface area contributed by atoms with Gasteiger partial charge in [-0.1, -0.05) is 48.5 Å². The van der Waals surface area contributed by atoms with Crippen LogP contribution in [0.3, 0.4) is 0 Å². The van der Waals surface area contributed by atoms with E-state index in [0.717, 1.165) is 12.1 Å². The second-order valence-electron chi connectivity index (χ2n) is 6.81. The minimum Gasteiger partial charge on any atom is -1.00 e. The van der Waals surface area contributed by atoms with Crippen molar-refractivity contribution in [1.82, 2.24) is 0 Å². The molecular formula is C25H20ClNO4. The molecule has 0 aliphatic carbocycles. The minimum absolute atomic E-state index is 0. The van der Waals surface area contributed by atoms with E-state index in [0.29, 0.717) is 16.7 Å². The average Bonchev–Trinajstić information content (AvgIpc) is 2.78. The molecule has 0 unspecified atom stereocenters. The summed E-state index contributed by atoms with van der Waals surface area (Å²) in [7, 11) is 1.50. The number of carbonyl (C=O) groups excluding carboxylic acids is 1. The summed E-state index contributed by atoms with van der Waals surface area (Å²) in [5.41, 5.74) is 1.70. The molecule has 0 atom stereocenters. The summed E-state index contributed by atoms with van der Waals surface area (Å²) in [6, 6.07) is 20.8. The van der Waals surface area contributed by atoms with Gasteiger partial charge in [0.15, 0.2) is 36.1 Å². The van der Waals surface area contributed by atoms with Crippen molar-refractivity contribution in [2.45, 2.75) is 6.54 Å². The van der Waals surface area contributed by atoms with Gasteiger partial charge in [0.2, 0.25) is 0 Å². The third kappa shape index (κ3) is 5.08. The van der Waals surface area contributed by atoms with Gasteiger partial charge in [0.05, 0.1) is 7.11 Å². The number of benzene rings is 2. The molecule has 156 valence electrons. The predicted octanol–water partition coefficient (Wildman–Crippen LogP) is 1.04. The highest BCUT2D eigenvalue weighted by molar-refractivity contribution is 6.08. The normalized spacial score (nSPS) is 10.7. The molecule has 0 N–H and O–H groups in total. The number of pyridine rings is 1. The Hall–Kier alpha value is -3.70. The zero-order chi connectivity index (χ0) is 20.9. The van der Waals surface area contributed by atoms with Gasteiger partial charge in [-0.25, -0.2) is 9.36 Å². The predicted molar refractivity (Wildman–Crippen MR) is 115 cm³/mol. The van der Waals surface area contributed by atoms with Gasteiger partial charge in [0, 0.05) is 23.1 Å².